The second-order valence-corrected chi connectivity index (χ2v) is 4.43. The van der Waals surface area contributed by atoms with E-state index in [9.17, 15) is 0 Å². The van der Waals surface area contributed by atoms with Crippen molar-refractivity contribution in [3.05, 3.63) is 22.9 Å². The van der Waals surface area contributed by atoms with Crippen LogP contribution in [-0.2, 0) is 11.3 Å². The molecule has 2 rings (SSSR count). The average molecular weight is 273 g/mol. The first-order chi connectivity index (χ1) is 8.17. The van der Waals surface area contributed by atoms with Crippen LogP contribution in [0.4, 0.5) is 0 Å². The molecule has 0 amide bonds. The Hall–Kier alpha value is -1.18. The first kappa shape index (κ1) is 12.3. The summed E-state index contributed by atoms with van der Waals surface area (Å²) in [4.78, 5) is 8.26. The van der Waals surface area contributed by atoms with Gasteiger partial charge in [-0.05, 0) is 11.8 Å². The molecular formula is C9H9ClN4O2S. The third kappa shape index (κ3) is 3.39. The van der Waals surface area contributed by atoms with Crippen molar-refractivity contribution >= 4 is 23.4 Å². The van der Waals surface area contributed by atoms with Gasteiger partial charge in [-0.15, -0.1) is 10.2 Å². The van der Waals surface area contributed by atoms with E-state index in [0.717, 1.165) is 0 Å². The number of hydrogen-bond acceptors (Lipinski definition) is 7. The highest BCUT2D eigenvalue weighted by Crippen LogP contribution is 2.26. The predicted molar refractivity (Wildman–Crippen MR) is 60.9 cm³/mol. The van der Waals surface area contributed by atoms with Gasteiger partial charge in [-0.2, -0.15) is 0 Å². The molecule has 0 saturated heterocycles. The lowest BCUT2D eigenvalue weighted by Gasteiger charge is -2.01. The van der Waals surface area contributed by atoms with Crippen molar-refractivity contribution in [3.63, 3.8) is 0 Å². The van der Waals surface area contributed by atoms with Crippen LogP contribution >= 0.6 is 23.4 Å². The van der Waals surface area contributed by atoms with Gasteiger partial charge in [-0.3, -0.25) is 0 Å². The van der Waals surface area contributed by atoms with E-state index in [-0.39, 0.29) is 0 Å². The fourth-order valence-corrected chi connectivity index (χ4v) is 2.11. The van der Waals surface area contributed by atoms with E-state index in [1.807, 2.05) is 0 Å². The maximum Gasteiger partial charge on any atom is 0.282 e. The first-order valence-corrected chi connectivity index (χ1v) is 5.87. The van der Waals surface area contributed by atoms with Gasteiger partial charge in [-0.25, -0.2) is 9.97 Å². The summed E-state index contributed by atoms with van der Waals surface area (Å²) in [6, 6.07) is 1.63. The molecule has 6 nitrogen and oxygen atoms in total. The molecule has 0 bridgehead atoms. The Bertz CT molecular complexity index is 519. The minimum atomic E-state index is 0.303. The Balaban J connectivity index is 2.20. The van der Waals surface area contributed by atoms with E-state index < -0.39 is 0 Å². The van der Waals surface area contributed by atoms with Gasteiger partial charge in [0, 0.05) is 20.1 Å². The Morgan fingerprint density at radius 3 is 2.88 bits per heavy atom. The molecular weight excluding hydrogens is 264 g/mol. The van der Waals surface area contributed by atoms with Crippen LogP contribution in [0.1, 0.15) is 11.7 Å². The van der Waals surface area contributed by atoms with Gasteiger partial charge in [-0.1, -0.05) is 11.6 Å². The highest BCUT2D eigenvalue weighted by Gasteiger charge is 2.09. The van der Waals surface area contributed by atoms with Crippen molar-refractivity contribution in [2.24, 2.45) is 0 Å². The number of ether oxygens (including phenoxy) is 1. The maximum atomic E-state index is 5.87. The first-order valence-electron chi connectivity index (χ1n) is 4.67. The summed E-state index contributed by atoms with van der Waals surface area (Å²) >= 11 is 7.10. The standard InChI is InChI=1S/C9H9ClN4O2S/c1-5-13-14-9(16-5)17-8-3-6(10)11-7(12-8)4-15-2/h3H,4H2,1-2H3. The van der Waals surface area contributed by atoms with Crippen molar-refractivity contribution < 1.29 is 9.15 Å². The molecule has 0 saturated carbocycles. The highest BCUT2D eigenvalue weighted by atomic mass is 35.5. The second-order valence-electron chi connectivity index (χ2n) is 3.07. The third-order valence-electron chi connectivity index (χ3n) is 1.69. The molecule has 0 aliphatic heterocycles. The molecule has 0 unspecified atom stereocenters. The van der Waals surface area contributed by atoms with Crippen LogP contribution in [0.15, 0.2) is 20.7 Å². The summed E-state index contributed by atoms with van der Waals surface area (Å²) in [6.07, 6.45) is 0. The van der Waals surface area contributed by atoms with Crippen LogP contribution in [-0.4, -0.2) is 27.3 Å². The number of aryl methyl sites for hydroxylation is 1. The fourth-order valence-electron chi connectivity index (χ4n) is 1.10. The number of methoxy groups -OCH3 is 1. The van der Waals surface area contributed by atoms with E-state index >= 15 is 0 Å². The summed E-state index contributed by atoms with van der Waals surface area (Å²) in [5.74, 6) is 1.02. The lowest BCUT2D eigenvalue weighted by molar-refractivity contribution is 0.177. The molecule has 0 atom stereocenters. The second kappa shape index (κ2) is 5.44. The van der Waals surface area contributed by atoms with E-state index in [0.29, 0.717) is 33.7 Å². The van der Waals surface area contributed by atoms with Crippen LogP contribution in [0.2, 0.25) is 5.15 Å². The largest absolute Gasteiger partial charge is 0.416 e. The molecule has 17 heavy (non-hydrogen) atoms. The molecule has 90 valence electrons. The Labute approximate surface area is 107 Å². The quantitative estimate of drug-likeness (QED) is 0.789. The monoisotopic (exact) mass is 272 g/mol. The summed E-state index contributed by atoms with van der Waals surface area (Å²) in [5, 5.41) is 8.99. The number of halogens is 1. The van der Waals surface area contributed by atoms with Crippen LogP contribution in [0.5, 0.6) is 0 Å². The van der Waals surface area contributed by atoms with Gasteiger partial charge in [0.15, 0.2) is 5.82 Å². The van der Waals surface area contributed by atoms with E-state index in [4.69, 9.17) is 20.8 Å². The van der Waals surface area contributed by atoms with Gasteiger partial charge >= 0.3 is 0 Å². The molecule has 2 aromatic rings. The van der Waals surface area contributed by atoms with Gasteiger partial charge in [0.2, 0.25) is 5.89 Å². The molecule has 0 aromatic carbocycles. The van der Waals surface area contributed by atoms with Crippen molar-refractivity contribution in [1.82, 2.24) is 20.2 Å². The zero-order valence-electron chi connectivity index (χ0n) is 9.18. The molecule has 2 aromatic heterocycles. The summed E-state index contributed by atoms with van der Waals surface area (Å²) in [6.45, 7) is 2.03. The molecule has 0 aliphatic rings. The zero-order valence-corrected chi connectivity index (χ0v) is 10.7. The minimum Gasteiger partial charge on any atom is -0.416 e. The topological polar surface area (TPSA) is 73.9 Å². The lowest BCUT2D eigenvalue weighted by atomic mass is 10.6. The number of rotatable bonds is 4. The molecule has 0 spiro atoms. The number of nitrogens with zero attached hydrogens (tertiary/aromatic N) is 4. The van der Waals surface area contributed by atoms with Gasteiger partial charge in [0.1, 0.15) is 16.8 Å². The lowest BCUT2D eigenvalue weighted by Crippen LogP contribution is -1.98. The summed E-state index contributed by atoms with van der Waals surface area (Å²) in [7, 11) is 1.57. The predicted octanol–water partition coefficient (Wildman–Crippen LogP) is 2.12. The van der Waals surface area contributed by atoms with E-state index in [1.54, 1.807) is 20.1 Å². The molecule has 2 heterocycles. The maximum absolute atomic E-state index is 5.87. The minimum absolute atomic E-state index is 0.303. The van der Waals surface area contributed by atoms with Crippen LogP contribution < -0.4 is 0 Å². The molecule has 0 N–H and O–H groups in total. The Morgan fingerprint density at radius 2 is 2.24 bits per heavy atom. The van der Waals surface area contributed by atoms with Crippen molar-refractivity contribution in [3.8, 4) is 0 Å². The zero-order chi connectivity index (χ0) is 12.3. The van der Waals surface area contributed by atoms with Gasteiger partial charge in [0.05, 0.1) is 0 Å². The summed E-state index contributed by atoms with van der Waals surface area (Å²) < 4.78 is 10.2. The molecule has 0 fully saturated rings. The Kier molecular flexibility index (Phi) is 3.93. The molecule has 0 radical (unpaired) electrons. The number of hydrogen-bond donors (Lipinski definition) is 0. The van der Waals surface area contributed by atoms with Gasteiger partial charge < -0.3 is 9.15 Å². The highest BCUT2D eigenvalue weighted by molar-refractivity contribution is 7.99. The van der Waals surface area contributed by atoms with Gasteiger partial charge in [0.25, 0.3) is 5.22 Å². The van der Waals surface area contributed by atoms with Crippen molar-refractivity contribution in [2.75, 3.05) is 7.11 Å². The SMILES string of the molecule is COCc1nc(Cl)cc(Sc2nnc(C)o2)n1. The average Bonchev–Trinajstić information content (AvgIpc) is 2.63. The summed E-state index contributed by atoms with van der Waals surface area (Å²) in [5.41, 5.74) is 0. The fraction of sp³-hybridized carbons (Fsp3) is 0.333. The van der Waals surface area contributed by atoms with Crippen LogP contribution in [0.25, 0.3) is 0 Å². The Morgan fingerprint density at radius 1 is 1.41 bits per heavy atom. The van der Waals surface area contributed by atoms with Crippen molar-refractivity contribution in [2.45, 2.75) is 23.8 Å². The van der Waals surface area contributed by atoms with Crippen LogP contribution in [0.3, 0.4) is 0 Å². The normalized spacial score (nSPS) is 10.8. The van der Waals surface area contributed by atoms with Crippen molar-refractivity contribution in [1.29, 1.82) is 0 Å². The van der Waals surface area contributed by atoms with Crippen LogP contribution in [0, 0.1) is 6.92 Å². The number of aromatic nitrogens is 4. The molecule has 8 heteroatoms. The van der Waals surface area contributed by atoms with E-state index in [1.165, 1.54) is 11.8 Å². The third-order valence-corrected chi connectivity index (χ3v) is 2.64. The molecule has 0 aliphatic carbocycles. The van der Waals surface area contributed by atoms with E-state index in [2.05, 4.69) is 20.2 Å². The smallest absolute Gasteiger partial charge is 0.282 e.